The van der Waals surface area contributed by atoms with Crippen LogP contribution < -0.4 is 5.32 Å². The van der Waals surface area contributed by atoms with E-state index >= 15 is 0 Å². The second-order valence-corrected chi connectivity index (χ2v) is 6.62. The van der Waals surface area contributed by atoms with Crippen LogP contribution in [0.15, 0.2) is 0 Å². The van der Waals surface area contributed by atoms with Gasteiger partial charge in [0.2, 0.25) is 11.8 Å². The third-order valence-corrected chi connectivity index (χ3v) is 4.92. The lowest BCUT2D eigenvalue weighted by atomic mass is 10.0. The van der Waals surface area contributed by atoms with Gasteiger partial charge in [-0.1, -0.05) is 6.92 Å². The summed E-state index contributed by atoms with van der Waals surface area (Å²) < 4.78 is 11.2. The smallest absolute Gasteiger partial charge is 0.224 e. The van der Waals surface area contributed by atoms with Gasteiger partial charge >= 0.3 is 0 Å². The average Bonchev–Trinajstić information content (AvgIpc) is 3.03. The largest absolute Gasteiger partial charge is 0.355 e. The molecule has 2 amide bonds. The van der Waals surface area contributed by atoms with Crippen molar-refractivity contribution in [3.8, 4) is 0 Å². The highest BCUT2D eigenvalue weighted by atomic mass is 16.7. The van der Waals surface area contributed by atoms with E-state index in [1.807, 2.05) is 4.90 Å². The number of likely N-dealkylation sites (tertiary alicyclic amines) is 1. The summed E-state index contributed by atoms with van der Waals surface area (Å²) in [5, 5.41) is 2.88. The number of ether oxygens (including phenoxy) is 2. The zero-order valence-corrected chi connectivity index (χ0v) is 13.3. The van der Waals surface area contributed by atoms with E-state index in [4.69, 9.17) is 9.47 Å². The number of hydrogen-bond acceptors (Lipinski definition) is 4. The van der Waals surface area contributed by atoms with Crippen molar-refractivity contribution >= 4 is 11.8 Å². The molecule has 0 spiro atoms. The Kier molecular flexibility index (Phi) is 4.98. The summed E-state index contributed by atoms with van der Waals surface area (Å²) in [6, 6.07) is 0.0305. The lowest BCUT2D eigenvalue weighted by molar-refractivity contribution is -0.150. The number of nitrogens with one attached hydrogen (secondary N) is 1. The molecule has 3 unspecified atom stereocenters. The second-order valence-electron chi connectivity index (χ2n) is 6.62. The Bertz CT molecular complexity index is 422. The summed E-state index contributed by atoms with van der Waals surface area (Å²) in [6.07, 6.45) is 4.13. The van der Waals surface area contributed by atoms with Crippen LogP contribution in [0.5, 0.6) is 0 Å². The minimum Gasteiger partial charge on any atom is -0.355 e. The van der Waals surface area contributed by atoms with E-state index < -0.39 is 0 Å². The fourth-order valence-corrected chi connectivity index (χ4v) is 3.40. The average molecular weight is 310 g/mol. The summed E-state index contributed by atoms with van der Waals surface area (Å²) in [7, 11) is 0. The van der Waals surface area contributed by atoms with Crippen LogP contribution in [0, 0.1) is 11.8 Å². The van der Waals surface area contributed by atoms with Crippen LogP contribution in [-0.2, 0) is 19.1 Å². The van der Waals surface area contributed by atoms with Crippen LogP contribution in [0.4, 0.5) is 0 Å². The quantitative estimate of drug-likeness (QED) is 0.819. The first-order valence-corrected chi connectivity index (χ1v) is 8.47. The van der Waals surface area contributed by atoms with Gasteiger partial charge in [0, 0.05) is 25.4 Å². The fourth-order valence-electron chi connectivity index (χ4n) is 3.40. The van der Waals surface area contributed by atoms with Crippen molar-refractivity contribution < 1.29 is 19.1 Å². The van der Waals surface area contributed by atoms with Crippen molar-refractivity contribution in [3.05, 3.63) is 0 Å². The molecule has 0 aromatic heterocycles. The molecule has 6 heteroatoms. The Morgan fingerprint density at radius 1 is 1.23 bits per heavy atom. The molecule has 2 heterocycles. The molecular weight excluding hydrogens is 284 g/mol. The van der Waals surface area contributed by atoms with Crippen LogP contribution in [0.1, 0.15) is 39.0 Å². The number of piperidine rings is 1. The van der Waals surface area contributed by atoms with Crippen LogP contribution in [0.3, 0.4) is 0 Å². The molecule has 3 rings (SSSR count). The van der Waals surface area contributed by atoms with Crippen LogP contribution in [-0.4, -0.2) is 55.3 Å². The molecule has 124 valence electrons. The topological polar surface area (TPSA) is 67.9 Å². The predicted octanol–water partition coefficient (Wildman–Crippen LogP) is 0.903. The molecule has 1 aliphatic carbocycles. The molecule has 2 saturated heterocycles. The molecule has 1 saturated carbocycles. The van der Waals surface area contributed by atoms with Gasteiger partial charge < -0.3 is 19.7 Å². The highest BCUT2D eigenvalue weighted by Crippen LogP contribution is 2.37. The maximum Gasteiger partial charge on any atom is 0.224 e. The van der Waals surface area contributed by atoms with Gasteiger partial charge in [-0.15, -0.1) is 0 Å². The van der Waals surface area contributed by atoms with Crippen molar-refractivity contribution in [2.45, 2.75) is 51.4 Å². The lowest BCUT2D eigenvalue weighted by Crippen LogP contribution is -2.50. The zero-order chi connectivity index (χ0) is 15.5. The van der Waals surface area contributed by atoms with Gasteiger partial charge in [-0.05, 0) is 31.6 Å². The number of amides is 2. The van der Waals surface area contributed by atoms with Crippen molar-refractivity contribution in [2.24, 2.45) is 11.8 Å². The summed E-state index contributed by atoms with van der Waals surface area (Å²) in [5.41, 5.74) is 0. The van der Waals surface area contributed by atoms with Gasteiger partial charge in [-0.25, -0.2) is 0 Å². The molecule has 0 aromatic rings. The second kappa shape index (κ2) is 6.96. The van der Waals surface area contributed by atoms with E-state index in [0.717, 1.165) is 32.2 Å². The third kappa shape index (κ3) is 3.60. The monoisotopic (exact) mass is 310 g/mol. The fraction of sp³-hybridized carbons (Fsp3) is 0.875. The minimum absolute atomic E-state index is 0.0305. The Morgan fingerprint density at radius 3 is 2.64 bits per heavy atom. The van der Waals surface area contributed by atoms with Gasteiger partial charge in [0.25, 0.3) is 0 Å². The maximum atomic E-state index is 12.5. The molecule has 3 aliphatic rings. The molecule has 6 nitrogen and oxygen atoms in total. The Morgan fingerprint density at radius 2 is 1.95 bits per heavy atom. The van der Waals surface area contributed by atoms with Crippen molar-refractivity contribution in [1.82, 2.24) is 10.2 Å². The number of hydrogen-bond donors (Lipinski definition) is 1. The van der Waals surface area contributed by atoms with Gasteiger partial charge in [0.1, 0.15) is 0 Å². The Hall–Kier alpha value is -1.14. The van der Waals surface area contributed by atoms with Gasteiger partial charge in [0.05, 0.1) is 19.3 Å². The molecule has 0 aromatic carbocycles. The SMILES string of the molecule is CC1CC1C(=O)NCCC(=O)N1CCCCC1C1OCCO1. The molecule has 2 aliphatic heterocycles. The van der Waals surface area contributed by atoms with Crippen LogP contribution in [0.25, 0.3) is 0 Å². The minimum atomic E-state index is -0.272. The molecule has 3 fully saturated rings. The van der Waals surface area contributed by atoms with E-state index in [-0.39, 0.29) is 30.1 Å². The first-order chi connectivity index (χ1) is 10.7. The summed E-state index contributed by atoms with van der Waals surface area (Å²) in [4.78, 5) is 26.1. The van der Waals surface area contributed by atoms with Gasteiger partial charge in [-0.3, -0.25) is 9.59 Å². The summed E-state index contributed by atoms with van der Waals surface area (Å²) >= 11 is 0. The van der Waals surface area contributed by atoms with Crippen molar-refractivity contribution in [2.75, 3.05) is 26.3 Å². The normalized spacial score (nSPS) is 32.0. The number of carbonyl (C=O) groups is 2. The Balaban J connectivity index is 1.45. The zero-order valence-electron chi connectivity index (χ0n) is 13.3. The highest BCUT2D eigenvalue weighted by Gasteiger charge is 2.39. The lowest BCUT2D eigenvalue weighted by Gasteiger charge is -2.38. The van der Waals surface area contributed by atoms with Gasteiger partial charge in [-0.2, -0.15) is 0 Å². The van der Waals surface area contributed by atoms with E-state index in [0.29, 0.717) is 32.1 Å². The highest BCUT2D eigenvalue weighted by molar-refractivity contribution is 5.82. The standard InChI is InChI=1S/C16H26N2O4/c1-11-10-12(11)15(20)17-6-5-14(19)18-7-3-2-4-13(18)16-21-8-9-22-16/h11-13,16H,2-10H2,1H3,(H,17,20). The van der Waals surface area contributed by atoms with E-state index in [1.165, 1.54) is 0 Å². The molecule has 0 bridgehead atoms. The molecule has 3 atom stereocenters. The van der Waals surface area contributed by atoms with Crippen molar-refractivity contribution in [3.63, 3.8) is 0 Å². The molecule has 1 N–H and O–H groups in total. The molecule has 22 heavy (non-hydrogen) atoms. The van der Waals surface area contributed by atoms with E-state index in [2.05, 4.69) is 12.2 Å². The first kappa shape index (κ1) is 15.7. The Labute approximate surface area is 131 Å². The summed E-state index contributed by atoms with van der Waals surface area (Å²) in [6.45, 7) is 4.49. The summed E-state index contributed by atoms with van der Waals surface area (Å²) in [5.74, 6) is 0.850. The number of carbonyl (C=O) groups excluding carboxylic acids is 2. The van der Waals surface area contributed by atoms with Gasteiger partial charge in [0.15, 0.2) is 6.29 Å². The van der Waals surface area contributed by atoms with Crippen LogP contribution in [0.2, 0.25) is 0 Å². The number of rotatable bonds is 5. The first-order valence-electron chi connectivity index (χ1n) is 8.47. The third-order valence-electron chi connectivity index (χ3n) is 4.92. The van der Waals surface area contributed by atoms with Crippen LogP contribution >= 0.6 is 0 Å². The maximum absolute atomic E-state index is 12.5. The molecule has 0 radical (unpaired) electrons. The predicted molar refractivity (Wildman–Crippen MR) is 79.9 cm³/mol. The van der Waals surface area contributed by atoms with Crippen molar-refractivity contribution in [1.29, 1.82) is 0 Å². The number of nitrogens with zero attached hydrogens (tertiary/aromatic N) is 1. The van der Waals surface area contributed by atoms with E-state index in [1.54, 1.807) is 0 Å². The molecular formula is C16H26N2O4. The van der Waals surface area contributed by atoms with E-state index in [9.17, 15) is 9.59 Å².